The van der Waals surface area contributed by atoms with Gasteiger partial charge in [0.25, 0.3) is 0 Å². The molecule has 10 heteroatoms. The third kappa shape index (κ3) is 6.36. The molecule has 0 aliphatic heterocycles. The molecule has 0 saturated heterocycles. The van der Waals surface area contributed by atoms with Crippen LogP contribution >= 0.6 is 0 Å². The van der Waals surface area contributed by atoms with Crippen molar-refractivity contribution in [3.05, 3.63) is 59.7 Å². The molecule has 0 spiro atoms. The van der Waals surface area contributed by atoms with E-state index in [1.54, 1.807) is 0 Å². The topological polar surface area (TPSA) is 140 Å². The standard InChI is InChI=1S/C25H28N2O8/c1-33-14-21(23(29)26-20(24(30)31)11-12-22(28)34-2)27-25(32)35-13-19-17-9-5-3-7-15(17)16-8-4-6-10-18(16)19/h3-10,19-21H,11-14H2,1-2H3,(H,26,29)(H,27,32)(H,30,31)/t20-,21?/m1/s1. The number of amides is 2. The van der Waals surface area contributed by atoms with Gasteiger partial charge in [0.15, 0.2) is 0 Å². The van der Waals surface area contributed by atoms with Crippen LogP contribution in [0.5, 0.6) is 0 Å². The Morgan fingerprint density at radius 1 is 0.914 bits per heavy atom. The van der Waals surface area contributed by atoms with E-state index >= 15 is 0 Å². The molecular weight excluding hydrogens is 456 g/mol. The van der Waals surface area contributed by atoms with Gasteiger partial charge >= 0.3 is 18.0 Å². The molecule has 0 heterocycles. The number of alkyl carbamates (subject to hydrolysis) is 1. The average Bonchev–Trinajstić information content (AvgIpc) is 3.18. The van der Waals surface area contributed by atoms with E-state index in [2.05, 4.69) is 15.4 Å². The van der Waals surface area contributed by atoms with Crippen molar-refractivity contribution in [2.24, 2.45) is 0 Å². The zero-order chi connectivity index (χ0) is 25.4. The number of rotatable bonds is 11. The van der Waals surface area contributed by atoms with Crippen LogP contribution in [0.2, 0.25) is 0 Å². The first-order chi connectivity index (χ1) is 16.8. The Hall–Kier alpha value is -3.92. The number of benzene rings is 2. The average molecular weight is 485 g/mol. The van der Waals surface area contributed by atoms with Gasteiger partial charge in [-0.05, 0) is 28.7 Å². The van der Waals surface area contributed by atoms with Crippen molar-refractivity contribution in [3.63, 3.8) is 0 Å². The van der Waals surface area contributed by atoms with Gasteiger partial charge in [-0.2, -0.15) is 0 Å². The van der Waals surface area contributed by atoms with Crippen LogP contribution in [0, 0.1) is 0 Å². The van der Waals surface area contributed by atoms with E-state index in [1.807, 2.05) is 48.5 Å². The van der Waals surface area contributed by atoms with Crippen LogP contribution < -0.4 is 10.6 Å². The molecule has 0 aromatic heterocycles. The van der Waals surface area contributed by atoms with Gasteiger partial charge in [0.05, 0.1) is 13.7 Å². The molecule has 186 valence electrons. The van der Waals surface area contributed by atoms with Crippen LogP contribution in [0.25, 0.3) is 11.1 Å². The van der Waals surface area contributed by atoms with E-state index in [0.29, 0.717) is 0 Å². The SMILES string of the molecule is COCC(NC(=O)OCC1c2ccccc2-c2ccccc21)C(=O)N[C@H](CCC(=O)OC)C(=O)O. The van der Waals surface area contributed by atoms with Crippen molar-refractivity contribution in [1.82, 2.24) is 10.6 Å². The highest BCUT2D eigenvalue weighted by atomic mass is 16.5. The summed E-state index contributed by atoms with van der Waals surface area (Å²) in [6.07, 6.45) is -1.20. The quantitative estimate of drug-likeness (QED) is 0.412. The summed E-state index contributed by atoms with van der Waals surface area (Å²) in [7, 11) is 2.52. The molecule has 3 rings (SSSR count). The number of hydrogen-bond donors (Lipinski definition) is 3. The van der Waals surface area contributed by atoms with Crippen molar-refractivity contribution in [2.45, 2.75) is 30.8 Å². The monoisotopic (exact) mass is 484 g/mol. The summed E-state index contributed by atoms with van der Waals surface area (Å²) >= 11 is 0. The lowest BCUT2D eigenvalue weighted by Gasteiger charge is -2.21. The summed E-state index contributed by atoms with van der Waals surface area (Å²) in [6, 6.07) is 13.2. The molecule has 0 radical (unpaired) electrons. The first-order valence-electron chi connectivity index (χ1n) is 11.1. The number of nitrogens with one attached hydrogen (secondary N) is 2. The lowest BCUT2D eigenvalue weighted by molar-refractivity contribution is -0.144. The van der Waals surface area contributed by atoms with Crippen molar-refractivity contribution in [3.8, 4) is 11.1 Å². The summed E-state index contributed by atoms with van der Waals surface area (Å²) in [6.45, 7) is -0.155. The maximum absolute atomic E-state index is 12.6. The number of aliphatic carboxylic acids is 1. The number of ether oxygens (including phenoxy) is 3. The van der Waals surface area contributed by atoms with E-state index in [-0.39, 0.29) is 32.0 Å². The molecular formula is C25H28N2O8. The minimum absolute atomic E-state index is 0.0536. The fourth-order valence-corrected chi connectivity index (χ4v) is 4.03. The molecule has 3 N–H and O–H groups in total. The fourth-order valence-electron chi connectivity index (χ4n) is 4.03. The zero-order valence-electron chi connectivity index (χ0n) is 19.5. The number of carboxylic acid groups (broad SMARTS) is 1. The minimum Gasteiger partial charge on any atom is -0.480 e. The molecule has 1 unspecified atom stereocenters. The number of carbonyl (C=O) groups is 4. The van der Waals surface area contributed by atoms with Gasteiger partial charge in [0.1, 0.15) is 18.7 Å². The second-order valence-electron chi connectivity index (χ2n) is 7.99. The molecule has 2 aromatic rings. The number of esters is 1. The number of fused-ring (bicyclic) bond motifs is 3. The van der Waals surface area contributed by atoms with Gasteiger partial charge in [-0.1, -0.05) is 48.5 Å². The first-order valence-corrected chi connectivity index (χ1v) is 11.1. The molecule has 1 aliphatic carbocycles. The van der Waals surface area contributed by atoms with Crippen LogP contribution in [-0.4, -0.2) is 68.6 Å². The van der Waals surface area contributed by atoms with Crippen molar-refractivity contribution >= 4 is 23.9 Å². The Balaban J connectivity index is 1.61. The van der Waals surface area contributed by atoms with Gasteiger partial charge in [-0.25, -0.2) is 9.59 Å². The molecule has 2 amide bonds. The van der Waals surface area contributed by atoms with Crippen LogP contribution in [0.15, 0.2) is 48.5 Å². The third-order valence-electron chi connectivity index (χ3n) is 5.76. The Kier molecular flexibility index (Phi) is 8.80. The van der Waals surface area contributed by atoms with Gasteiger partial charge in [-0.15, -0.1) is 0 Å². The predicted octanol–water partition coefficient (Wildman–Crippen LogP) is 2.06. The number of carbonyl (C=O) groups excluding carboxylic acids is 3. The Morgan fingerprint density at radius 3 is 2.06 bits per heavy atom. The van der Waals surface area contributed by atoms with Crippen molar-refractivity contribution < 1.29 is 38.5 Å². The minimum atomic E-state index is -1.34. The summed E-state index contributed by atoms with van der Waals surface area (Å²) in [5.74, 6) is -2.86. The van der Waals surface area contributed by atoms with E-state index < -0.39 is 36.0 Å². The third-order valence-corrected chi connectivity index (χ3v) is 5.76. The van der Waals surface area contributed by atoms with Crippen molar-refractivity contribution in [2.75, 3.05) is 27.4 Å². The van der Waals surface area contributed by atoms with Crippen LogP contribution in [0.3, 0.4) is 0 Å². The van der Waals surface area contributed by atoms with Crippen molar-refractivity contribution in [1.29, 1.82) is 0 Å². The largest absolute Gasteiger partial charge is 0.480 e. The molecule has 0 saturated carbocycles. The van der Waals surface area contributed by atoms with Gasteiger partial charge < -0.3 is 30.0 Å². The second-order valence-corrected chi connectivity index (χ2v) is 7.99. The van der Waals surface area contributed by atoms with Crippen LogP contribution in [0.1, 0.15) is 29.9 Å². The predicted molar refractivity (Wildman–Crippen MR) is 125 cm³/mol. The molecule has 0 bridgehead atoms. The second kappa shape index (κ2) is 12.0. The highest BCUT2D eigenvalue weighted by Crippen LogP contribution is 2.44. The van der Waals surface area contributed by atoms with E-state index in [9.17, 15) is 24.3 Å². The Morgan fingerprint density at radius 2 is 1.51 bits per heavy atom. The highest BCUT2D eigenvalue weighted by molar-refractivity contribution is 5.89. The van der Waals surface area contributed by atoms with Gasteiger partial charge in [0, 0.05) is 19.4 Å². The first kappa shape index (κ1) is 25.7. The smallest absolute Gasteiger partial charge is 0.407 e. The van der Waals surface area contributed by atoms with E-state index in [1.165, 1.54) is 14.2 Å². The summed E-state index contributed by atoms with van der Waals surface area (Å²) in [5.41, 5.74) is 4.26. The number of methoxy groups -OCH3 is 2. The van der Waals surface area contributed by atoms with Gasteiger partial charge in [-0.3, -0.25) is 9.59 Å². The van der Waals surface area contributed by atoms with Crippen LogP contribution in [0.4, 0.5) is 4.79 Å². The summed E-state index contributed by atoms with van der Waals surface area (Å²) in [5, 5.41) is 14.1. The maximum atomic E-state index is 12.6. The molecule has 2 aromatic carbocycles. The van der Waals surface area contributed by atoms with Gasteiger partial charge in [0.2, 0.25) is 5.91 Å². The number of carboxylic acids is 1. The molecule has 10 nitrogen and oxygen atoms in total. The van der Waals surface area contributed by atoms with Crippen LogP contribution in [-0.2, 0) is 28.6 Å². The summed E-state index contributed by atoms with van der Waals surface area (Å²) in [4.78, 5) is 48.0. The Labute approximate surface area is 202 Å². The lowest BCUT2D eigenvalue weighted by Crippen LogP contribution is -2.53. The molecule has 1 aliphatic rings. The summed E-state index contributed by atoms with van der Waals surface area (Å²) < 4.78 is 15.0. The maximum Gasteiger partial charge on any atom is 0.407 e. The van der Waals surface area contributed by atoms with E-state index in [0.717, 1.165) is 22.3 Å². The highest BCUT2D eigenvalue weighted by Gasteiger charge is 2.31. The normalized spacial score (nSPS) is 13.7. The Bertz CT molecular complexity index is 1040. The molecule has 35 heavy (non-hydrogen) atoms. The fraction of sp³-hybridized carbons (Fsp3) is 0.360. The molecule has 2 atom stereocenters. The number of hydrogen-bond acceptors (Lipinski definition) is 7. The molecule has 0 fully saturated rings. The lowest BCUT2D eigenvalue weighted by atomic mass is 9.98. The zero-order valence-corrected chi connectivity index (χ0v) is 19.5. The van der Waals surface area contributed by atoms with E-state index in [4.69, 9.17) is 9.47 Å².